The average Bonchev–Trinajstić information content (AvgIpc) is 3.43. The van der Waals surface area contributed by atoms with Crippen LogP contribution in [0.3, 0.4) is 0 Å². The molecule has 1 aliphatic heterocycles. The molecule has 0 saturated carbocycles. The molecule has 180 valence electrons. The molecule has 2 aromatic carbocycles. The molecule has 2 amide bonds. The van der Waals surface area contributed by atoms with E-state index < -0.39 is 24.0 Å². The van der Waals surface area contributed by atoms with Crippen molar-refractivity contribution >= 4 is 18.0 Å². The number of aliphatic carboxylic acids is 1. The predicted molar refractivity (Wildman–Crippen MR) is 125 cm³/mol. The van der Waals surface area contributed by atoms with Gasteiger partial charge in [0.25, 0.3) is 0 Å². The number of fused-ring (bicyclic) bond motifs is 3. The molecule has 2 aromatic rings. The van der Waals surface area contributed by atoms with Crippen molar-refractivity contribution in [2.75, 3.05) is 19.8 Å². The molecule has 1 aliphatic carbocycles. The molecular weight excluding hydrogens is 436 g/mol. The molecule has 34 heavy (non-hydrogen) atoms. The van der Waals surface area contributed by atoms with Gasteiger partial charge in [0.2, 0.25) is 5.91 Å². The molecule has 0 bridgehead atoms. The van der Waals surface area contributed by atoms with E-state index >= 15 is 0 Å². The molecule has 4 rings (SSSR count). The highest BCUT2D eigenvalue weighted by atomic mass is 16.5. The van der Waals surface area contributed by atoms with Crippen LogP contribution < -0.4 is 10.6 Å². The van der Waals surface area contributed by atoms with Crippen molar-refractivity contribution in [2.24, 2.45) is 11.8 Å². The Kier molecular flexibility index (Phi) is 7.17. The zero-order valence-corrected chi connectivity index (χ0v) is 19.3. The predicted octanol–water partition coefficient (Wildman–Crippen LogP) is 3.16. The topological polar surface area (TPSA) is 114 Å². The van der Waals surface area contributed by atoms with Crippen molar-refractivity contribution in [1.82, 2.24) is 10.6 Å². The van der Waals surface area contributed by atoms with Gasteiger partial charge >= 0.3 is 12.1 Å². The van der Waals surface area contributed by atoms with Gasteiger partial charge in [-0.3, -0.25) is 9.59 Å². The summed E-state index contributed by atoms with van der Waals surface area (Å²) in [5, 5.41) is 14.5. The number of hydrogen-bond acceptors (Lipinski definition) is 5. The fourth-order valence-corrected chi connectivity index (χ4v) is 4.65. The Bertz CT molecular complexity index is 1020. The van der Waals surface area contributed by atoms with Crippen molar-refractivity contribution in [1.29, 1.82) is 0 Å². The number of benzene rings is 2. The molecule has 8 heteroatoms. The molecule has 1 fully saturated rings. The van der Waals surface area contributed by atoms with Gasteiger partial charge in [-0.1, -0.05) is 62.4 Å². The fraction of sp³-hybridized carbons (Fsp3) is 0.423. The third-order valence-electron chi connectivity index (χ3n) is 6.50. The molecular formula is C26H30N2O6. The van der Waals surface area contributed by atoms with Gasteiger partial charge in [0.1, 0.15) is 12.6 Å². The first-order chi connectivity index (χ1) is 16.3. The number of ether oxygens (including phenoxy) is 2. The SMILES string of the molecule is CC(C)[C@H](NC(=O)OCC1c2ccccc2-c2ccccc21)C(=O)NCC1CC(C(=O)O)CO1. The van der Waals surface area contributed by atoms with E-state index in [0.29, 0.717) is 6.42 Å². The molecule has 2 aliphatic rings. The average molecular weight is 467 g/mol. The molecule has 3 atom stereocenters. The number of carboxylic acids is 1. The van der Waals surface area contributed by atoms with Gasteiger partial charge in [0.05, 0.1) is 18.6 Å². The standard InChI is InChI=1S/C26H30N2O6/c1-15(2)23(24(29)27-12-17-11-16(13-33-17)25(30)31)28-26(32)34-14-22-20-9-5-3-7-18(20)19-8-4-6-10-21(19)22/h3-10,15-17,22-23H,11-14H2,1-2H3,(H,27,29)(H,28,32)(H,30,31)/t16?,17?,23-/m0/s1. The Morgan fingerprint density at radius 2 is 1.68 bits per heavy atom. The van der Waals surface area contributed by atoms with Crippen molar-refractivity contribution in [3.8, 4) is 11.1 Å². The van der Waals surface area contributed by atoms with E-state index in [1.165, 1.54) is 0 Å². The van der Waals surface area contributed by atoms with Crippen LogP contribution >= 0.6 is 0 Å². The van der Waals surface area contributed by atoms with Crippen LogP contribution in [0.1, 0.15) is 37.3 Å². The monoisotopic (exact) mass is 466 g/mol. The summed E-state index contributed by atoms with van der Waals surface area (Å²) in [4.78, 5) is 36.4. The number of carboxylic acid groups (broad SMARTS) is 1. The van der Waals surface area contributed by atoms with Crippen LogP contribution in [0.2, 0.25) is 0 Å². The molecule has 1 heterocycles. The van der Waals surface area contributed by atoms with E-state index in [1.807, 2.05) is 50.2 Å². The summed E-state index contributed by atoms with van der Waals surface area (Å²) in [7, 11) is 0. The second kappa shape index (κ2) is 10.3. The smallest absolute Gasteiger partial charge is 0.407 e. The minimum atomic E-state index is -0.897. The van der Waals surface area contributed by atoms with Crippen LogP contribution in [-0.4, -0.2) is 55.0 Å². The lowest BCUT2D eigenvalue weighted by molar-refractivity contribution is -0.141. The number of alkyl carbamates (subject to hydrolysis) is 1. The first-order valence-electron chi connectivity index (χ1n) is 11.6. The lowest BCUT2D eigenvalue weighted by Gasteiger charge is -2.23. The Morgan fingerprint density at radius 1 is 1.06 bits per heavy atom. The number of nitrogens with one attached hydrogen (secondary N) is 2. The van der Waals surface area contributed by atoms with E-state index in [9.17, 15) is 14.4 Å². The normalized spacial score (nSPS) is 19.9. The maximum absolute atomic E-state index is 12.7. The third kappa shape index (κ3) is 5.07. The number of hydrogen-bond donors (Lipinski definition) is 3. The number of carbonyl (C=O) groups excluding carboxylic acids is 2. The largest absolute Gasteiger partial charge is 0.481 e. The van der Waals surface area contributed by atoms with Gasteiger partial charge in [-0.2, -0.15) is 0 Å². The van der Waals surface area contributed by atoms with Crippen molar-refractivity contribution in [2.45, 2.75) is 38.3 Å². The van der Waals surface area contributed by atoms with Gasteiger partial charge in [-0.15, -0.1) is 0 Å². The molecule has 8 nitrogen and oxygen atoms in total. The Balaban J connectivity index is 1.32. The zero-order valence-electron chi connectivity index (χ0n) is 19.3. The van der Waals surface area contributed by atoms with E-state index in [2.05, 4.69) is 22.8 Å². The zero-order chi connectivity index (χ0) is 24.2. The number of amides is 2. The number of carbonyl (C=O) groups is 3. The summed E-state index contributed by atoms with van der Waals surface area (Å²) in [6.45, 7) is 4.17. The maximum Gasteiger partial charge on any atom is 0.407 e. The molecule has 0 aromatic heterocycles. The quantitative estimate of drug-likeness (QED) is 0.551. The fourth-order valence-electron chi connectivity index (χ4n) is 4.65. The van der Waals surface area contributed by atoms with Crippen LogP contribution in [0.4, 0.5) is 4.79 Å². The molecule has 0 spiro atoms. The van der Waals surface area contributed by atoms with Gasteiger partial charge < -0.3 is 25.2 Å². The Morgan fingerprint density at radius 3 is 2.24 bits per heavy atom. The van der Waals surface area contributed by atoms with Crippen molar-refractivity contribution in [3.63, 3.8) is 0 Å². The second-order valence-electron chi connectivity index (χ2n) is 9.16. The summed E-state index contributed by atoms with van der Waals surface area (Å²) < 4.78 is 11.0. The van der Waals surface area contributed by atoms with E-state index in [1.54, 1.807) is 0 Å². The molecule has 1 saturated heterocycles. The van der Waals surface area contributed by atoms with E-state index in [-0.39, 0.29) is 43.6 Å². The summed E-state index contributed by atoms with van der Waals surface area (Å²) in [6.07, 6.45) is -0.659. The van der Waals surface area contributed by atoms with Crippen LogP contribution in [0.25, 0.3) is 11.1 Å². The first-order valence-corrected chi connectivity index (χ1v) is 11.6. The Labute approximate surface area is 198 Å². The minimum Gasteiger partial charge on any atom is -0.481 e. The van der Waals surface area contributed by atoms with Crippen LogP contribution in [0, 0.1) is 11.8 Å². The van der Waals surface area contributed by atoms with Crippen LogP contribution in [-0.2, 0) is 19.1 Å². The van der Waals surface area contributed by atoms with Crippen LogP contribution in [0.15, 0.2) is 48.5 Å². The van der Waals surface area contributed by atoms with Gasteiger partial charge in [0, 0.05) is 12.5 Å². The van der Waals surface area contributed by atoms with Crippen molar-refractivity contribution < 1.29 is 29.0 Å². The summed E-state index contributed by atoms with van der Waals surface area (Å²) in [6, 6.07) is 15.4. The highest BCUT2D eigenvalue weighted by molar-refractivity contribution is 5.86. The van der Waals surface area contributed by atoms with E-state index in [0.717, 1.165) is 22.3 Å². The van der Waals surface area contributed by atoms with Crippen molar-refractivity contribution in [3.05, 3.63) is 59.7 Å². The highest BCUT2D eigenvalue weighted by Gasteiger charge is 2.33. The maximum atomic E-state index is 12.7. The molecule has 0 radical (unpaired) electrons. The van der Waals surface area contributed by atoms with Gasteiger partial charge in [-0.25, -0.2) is 4.79 Å². The third-order valence-corrected chi connectivity index (χ3v) is 6.50. The van der Waals surface area contributed by atoms with Crippen LogP contribution in [0.5, 0.6) is 0 Å². The summed E-state index contributed by atoms with van der Waals surface area (Å²) in [5.41, 5.74) is 4.52. The highest BCUT2D eigenvalue weighted by Crippen LogP contribution is 2.44. The lowest BCUT2D eigenvalue weighted by atomic mass is 9.98. The molecule has 3 N–H and O–H groups in total. The van der Waals surface area contributed by atoms with Gasteiger partial charge in [-0.05, 0) is 34.6 Å². The van der Waals surface area contributed by atoms with Gasteiger partial charge in [0.15, 0.2) is 0 Å². The van der Waals surface area contributed by atoms with E-state index in [4.69, 9.17) is 14.6 Å². The minimum absolute atomic E-state index is 0.0637. The second-order valence-corrected chi connectivity index (χ2v) is 9.16. The Hall–Kier alpha value is -3.39. The lowest BCUT2D eigenvalue weighted by Crippen LogP contribution is -2.51. The number of rotatable bonds is 8. The summed E-state index contributed by atoms with van der Waals surface area (Å²) in [5.74, 6) is -2.04. The molecule has 2 unspecified atom stereocenters. The first kappa shape index (κ1) is 23.8. The summed E-state index contributed by atoms with van der Waals surface area (Å²) >= 11 is 0.